The normalized spacial score (nSPS) is 11.5. The number of hydrogen-bond donors (Lipinski definition) is 3. The van der Waals surface area contributed by atoms with Gasteiger partial charge < -0.3 is 15.5 Å². The van der Waals surface area contributed by atoms with E-state index in [4.69, 9.17) is 5.11 Å². The zero-order chi connectivity index (χ0) is 16.1. The number of rotatable bonds is 5. The van der Waals surface area contributed by atoms with Crippen LogP contribution in [0.4, 0.5) is 0 Å². The lowest BCUT2D eigenvalue weighted by Gasteiger charge is -2.15. The minimum Gasteiger partial charge on any atom is -0.479 e. The summed E-state index contributed by atoms with van der Waals surface area (Å²) in [6, 6.07) is 9.41. The SMILES string of the molecule is O=C(O)c1cccnc1C(=O)N[C@@H](C(=O)O)c1ccccc1. The van der Waals surface area contributed by atoms with E-state index in [1.165, 1.54) is 18.3 Å². The van der Waals surface area contributed by atoms with Crippen molar-refractivity contribution < 1.29 is 24.6 Å². The van der Waals surface area contributed by atoms with Gasteiger partial charge in [0, 0.05) is 6.20 Å². The molecule has 7 heteroatoms. The van der Waals surface area contributed by atoms with Gasteiger partial charge >= 0.3 is 11.9 Å². The highest BCUT2D eigenvalue weighted by Crippen LogP contribution is 2.14. The van der Waals surface area contributed by atoms with Crippen LogP contribution >= 0.6 is 0 Å². The first-order chi connectivity index (χ1) is 10.5. The molecule has 22 heavy (non-hydrogen) atoms. The minimum atomic E-state index is -1.31. The quantitative estimate of drug-likeness (QED) is 0.767. The number of carboxylic acid groups (broad SMARTS) is 2. The van der Waals surface area contributed by atoms with Crippen LogP contribution in [0.25, 0.3) is 0 Å². The van der Waals surface area contributed by atoms with Crippen molar-refractivity contribution in [2.45, 2.75) is 6.04 Å². The Bertz CT molecular complexity index is 715. The van der Waals surface area contributed by atoms with Crippen LogP contribution < -0.4 is 5.32 Å². The van der Waals surface area contributed by atoms with Crippen LogP contribution in [-0.2, 0) is 4.79 Å². The van der Waals surface area contributed by atoms with E-state index in [0.717, 1.165) is 0 Å². The molecule has 0 bridgehead atoms. The third-order valence-electron chi connectivity index (χ3n) is 2.91. The van der Waals surface area contributed by atoms with E-state index in [0.29, 0.717) is 5.56 Å². The number of pyridine rings is 1. The number of aliphatic carboxylic acids is 1. The number of aromatic carboxylic acids is 1. The molecule has 112 valence electrons. The van der Waals surface area contributed by atoms with E-state index in [2.05, 4.69) is 10.3 Å². The first kappa shape index (κ1) is 15.2. The van der Waals surface area contributed by atoms with Crippen LogP contribution in [0, 0.1) is 0 Å². The standard InChI is InChI=1S/C15H12N2O5/c18-13(12-10(14(19)20)7-4-8-16-12)17-11(15(21)22)9-5-2-1-3-6-9/h1-8,11H,(H,17,18)(H,19,20)(H,21,22)/t11-/m1/s1. The Labute approximate surface area is 125 Å². The average Bonchev–Trinajstić information content (AvgIpc) is 2.52. The molecule has 1 atom stereocenters. The molecule has 0 saturated heterocycles. The third-order valence-corrected chi connectivity index (χ3v) is 2.91. The third kappa shape index (κ3) is 3.26. The van der Waals surface area contributed by atoms with Crippen molar-refractivity contribution in [3.63, 3.8) is 0 Å². The van der Waals surface area contributed by atoms with Gasteiger partial charge in [0.1, 0.15) is 5.69 Å². The number of carboxylic acids is 2. The van der Waals surface area contributed by atoms with E-state index >= 15 is 0 Å². The fourth-order valence-corrected chi connectivity index (χ4v) is 1.89. The largest absolute Gasteiger partial charge is 0.479 e. The molecule has 1 heterocycles. The number of nitrogens with zero attached hydrogens (tertiary/aromatic N) is 1. The van der Waals surface area contributed by atoms with Gasteiger partial charge in [-0.3, -0.25) is 9.78 Å². The van der Waals surface area contributed by atoms with Crippen LogP contribution in [0.2, 0.25) is 0 Å². The molecular weight excluding hydrogens is 288 g/mol. The molecule has 0 radical (unpaired) electrons. The zero-order valence-electron chi connectivity index (χ0n) is 11.3. The van der Waals surface area contributed by atoms with Crippen molar-refractivity contribution in [1.82, 2.24) is 10.3 Å². The van der Waals surface area contributed by atoms with Gasteiger partial charge in [-0.2, -0.15) is 0 Å². The van der Waals surface area contributed by atoms with Gasteiger partial charge in [-0.1, -0.05) is 30.3 Å². The Morgan fingerprint density at radius 1 is 1.00 bits per heavy atom. The van der Waals surface area contributed by atoms with Crippen LogP contribution in [0.3, 0.4) is 0 Å². The van der Waals surface area contributed by atoms with Crippen molar-refractivity contribution in [3.8, 4) is 0 Å². The first-order valence-electron chi connectivity index (χ1n) is 6.27. The van der Waals surface area contributed by atoms with Crippen molar-refractivity contribution in [2.75, 3.05) is 0 Å². The highest BCUT2D eigenvalue weighted by Gasteiger charge is 2.25. The van der Waals surface area contributed by atoms with Crippen molar-refractivity contribution >= 4 is 17.8 Å². The van der Waals surface area contributed by atoms with Crippen LogP contribution in [-0.4, -0.2) is 33.0 Å². The van der Waals surface area contributed by atoms with Crippen molar-refractivity contribution in [2.24, 2.45) is 0 Å². The molecule has 1 aromatic heterocycles. The lowest BCUT2D eigenvalue weighted by Crippen LogP contribution is -2.35. The molecule has 7 nitrogen and oxygen atoms in total. The van der Waals surface area contributed by atoms with Crippen molar-refractivity contribution in [1.29, 1.82) is 0 Å². The number of benzene rings is 1. The second-order valence-corrected chi connectivity index (χ2v) is 4.36. The number of aromatic nitrogens is 1. The van der Waals surface area contributed by atoms with Gasteiger partial charge in [0.05, 0.1) is 5.56 Å². The van der Waals surface area contributed by atoms with Crippen molar-refractivity contribution in [3.05, 3.63) is 65.5 Å². The maximum absolute atomic E-state index is 12.2. The van der Waals surface area contributed by atoms with Gasteiger partial charge in [-0.25, -0.2) is 9.59 Å². The summed E-state index contributed by atoms with van der Waals surface area (Å²) >= 11 is 0. The zero-order valence-corrected chi connectivity index (χ0v) is 11.3. The van der Waals surface area contributed by atoms with Gasteiger partial charge in [0.25, 0.3) is 5.91 Å². The summed E-state index contributed by atoms with van der Waals surface area (Å²) in [6.45, 7) is 0. The molecule has 0 spiro atoms. The topological polar surface area (TPSA) is 117 Å². The minimum absolute atomic E-state index is 0.294. The number of carbonyl (C=O) groups is 3. The van der Waals surface area contributed by atoms with Crippen LogP contribution in [0.15, 0.2) is 48.7 Å². The molecule has 0 aliphatic rings. The fourth-order valence-electron chi connectivity index (χ4n) is 1.89. The lowest BCUT2D eigenvalue weighted by molar-refractivity contribution is -0.139. The van der Waals surface area contributed by atoms with Gasteiger partial charge in [0.15, 0.2) is 6.04 Å². The van der Waals surface area contributed by atoms with Crippen LogP contribution in [0.5, 0.6) is 0 Å². The average molecular weight is 300 g/mol. The van der Waals surface area contributed by atoms with Crippen LogP contribution in [0.1, 0.15) is 32.5 Å². The highest BCUT2D eigenvalue weighted by atomic mass is 16.4. The molecule has 0 saturated carbocycles. The molecule has 0 fully saturated rings. The monoisotopic (exact) mass is 300 g/mol. The number of carbonyl (C=O) groups excluding carboxylic acids is 1. The second-order valence-electron chi connectivity index (χ2n) is 4.36. The van der Waals surface area contributed by atoms with Gasteiger partial charge in [0.2, 0.25) is 0 Å². The smallest absolute Gasteiger partial charge is 0.338 e. The maximum atomic E-state index is 12.2. The molecular formula is C15H12N2O5. The summed E-state index contributed by atoms with van der Waals surface area (Å²) in [5, 5.41) is 20.6. The lowest BCUT2D eigenvalue weighted by atomic mass is 10.1. The van der Waals surface area contributed by atoms with Gasteiger partial charge in [-0.05, 0) is 17.7 Å². The molecule has 3 N–H and O–H groups in total. The predicted octanol–water partition coefficient (Wildman–Crippen LogP) is 1.34. The predicted molar refractivity (Wildman–Crippen MR) is 75.5 cm³/mol. The molecule has 1 amide bonds. The summed E-state index contributed by atoms with van der Waals surface area (Å²) < 4.78 is 0. The molecule has 0 unspecified atom stereocenters. The first-order valence-corrected chi connectivity index (χ1v) is 6.27. The Kier molecular flexibility index (Phi) is 4.47. The second kappa shape index (κ2) is 6.49. The number of hydrogen-bond acceptors (Lipinski definition) is 4. The fraction of sp³-hybridized carbons (Fsp3) is 0.0667. The number of nitrogens with one attached hydrogen (secondary N) is 1. The van der Waals surface area contributed by atoms with Gasteiger partial charge in [-0.15, -0.1) is 0 Å². The summed E-state index contributed by atoms with van der Waals surface area (Å²) in [6.07, 6.45) is 1.26. The number of amides is 1. The Morgan fingerprint density at radius 3 is 2.27 bits per heavy atom. The van der Waals surface area contributed by atoms with E-state index in [9.17, 15) is 19.5 Å². The summed E-state index contributed by atoms with van der Waals surface area (Å²) in [4.78, 5) is 38.3. The van der Waals surface area contributed by atoms with E-state index < -0.39 is 23.9 Å². The molecule has 2 rings (SSSR count). The summed E-state index contributed by atoms with van der Waals surface area (Å²) in [7, 11) is 0. The summed E-state index contributed by atoms with van der Waals surface area (Å²) in [5.74, 6) is -3.44. The highest BCUT2D eigenvalue weighted by molar-refractivity contribution is 6.04. The summed E-state index contributed by atoms with van der Waals surface area (Å²) in [5.41, 5.74) is -0.259. The van der Waals surface area contributed by atoms with E-state index in [1.54, 1.807) is 30.3 Å². The van der Waals surface area contributed by atoms with E-state index in [-0.39, 0.29) is 11.3 Å². The molecule has 2 aromatic rings. The van der Waals surface area contributed by atoms with E-state index in [1.807, 2.05) is 0 Å². The maximum Gasteiger partial charge on any atom is 0.338 e. The molecule has 0 aliphatic heterocycles. The Hall–Kier alpha value is -3.22. The molecule has 1 aromatic carbocycles. The molecule has 0 aliphatic carbocycles. The Balaban J connectivity index is 2.30. The Morgan fingerprint density at radius 2 is 1.68 bits per heavy atom.